The van der Waals surface area contributed by atoms with Crippen LogP contribution in [0.3, 0.4) is 0 Å². The van der Waals surface area contributed by atoms with E-state index in [-0.39, 0.29) is 5.56 Å². The van der Waals surface area contributed by atoms with Crippen molar-refractivity contribution in [3.8, 4) is 0 Å². The van der Waals surface area contributed by atoms with E-state index in [1.165, 1.54) is 0 Å². The van der Waals surface area contributed by atoms with Crippen molar-refractivity contribution in [1.29, 1.82) is 0 Å². The third kappa shape index (κ3) is 3.08. The Labute approximate surface area is 131 Å². The maximum atomic E-state index is 11.4. The van der Waals surface area contributed by atoms with E-state index in [1.54, 1.807) is 6.07 Å². The average molecular weight is 347 g/mol. The van der Waals surface area contributed by atoms with Gasteiger partial charge in [-0.05, 0) is 48.6 Å². The number of hydrogen-bond acceptors (Lipinski definition) is 3. The molecular formula is C16H15BrN2O2. The van der Waals surface area contributed by atoms with Gasteiger partial charge in [0.25, 0.3) is 0 Å². The lowest BCUT2D eigenvalue weighted by Gasteiger charge is -2.11. The van der Waals surface area contributed by atoms with Crippen molar-refractivity contribution in [2.75, 3.05) is 5.32 Å². The van der Waals surface area contributed by atoms with Gasteiger partial charge in [-0.25, -0.2) is 9.78 Å². The van der Waals surface area contributed by atoms with Gasteiger partial charge in [0.2, 0.25) is 0 Å². The first-order valence-electron chi connectivity index (χ1n) is 6.88. The van der Waals surface area contributed by atoms with Gasteiger partial charge in [0.05, 0.1) is 0 Å². The number of rotatable bonds is 4. The van der Waals surface area contributed by atoms with Crippen LogP contribution in [-0.4, -0.2) is 16.1 Å². The van der Waals surface area contributed by atoms with E-state index in [1.807, 2.05) is 24.3 Å². The van der Waals surface area contributed by atoms with Crippen LogP contribution in [0.15, 0.2) is 34.8 Å². The topological polar surface area (TPSA) is 62.2 Å². The number of aromatic carboxylic acids is 1. The van der Waals surface area contributed by atoms with Crippen LogP contribution in [0, 0.1) is 0 Å². The lowest BCUT2D eigenvalue weighted by Crippen LogP contribution is -2.10. The largest absolute Gasteiger partial charge is 0.478 e. The van der Waals surface area contributed by atoms with Crippen LogP contribution in [-0.2, 0) is 19.4 Å². The molecule has 0 radical (unpaired) electrons. The first-order valence-corrected chi connectivity index (χ1v) is 7.67. The molecule has 0 atom stereocenters. The zero-order valence-electron chi connectivity index (χ0n) is 11.4. The molecule has 0 saturated carbocycles. The van der Waals surface area contributed by atoms with Gasteiger partial charge in [0.15, 0.2) is 0 Å². The lowest BCUT2D eigenvalue weighted by atomic mass is 10.1. The second kappa shape index (κ2) is 5.85. The Balaban J connectivity index is 1.84. The number of nitrogens with zero attached hydrogens (tertiary/aromatic N) is 1. The van der Waals surface area contributed by atoms with Gasteiger partial charge < -0.3 is 10.4 Å². The summed E-state index contributed by atoms with van der Waals surface area (Å²) in [4.78, 5) is 15.9. The van der Waals surface area contributed by atoms with Gasteiger partial charge in [-0.3, -0.25) is 0 Å². The predicted molar refractivity (Wildman–Crippen MR) is 84.7 cm³/mol. The number of aromatic nitrogens is 1. The van der Waals surface area contributed by atoms with E-state index < -0.39 is 5.97 Å². The number of carboxylic acids is 1. The van der Waals surface area contributed by atoms with Crippen LogP contribution in [0.25, 0.3) is 0 Å². The summed E-state index contributed by atoms with van der Waals surface area (Å²) >= 11 is 3.40. The minimum absolute atomic E-state index is 0.257. The number of halogens is 1. The molecule has 2 N–H and O–H groups in total. The Hall–Kier alpha value is -1.88. The van der Waals surface area contributed by atoms with Crippen LogP contribution in [0.5, 0.6) is 0 Å². The highest BCUT2D eigenvalue weighted by molar-refractivity contribution is 9.10. The molecule has 0 bridgehead atoms. The summed E-state index contributed by atoms with van der Waals surface area (Å²) in [6, 6.07) is 9.67. The lowest BCUT2D eigenvalue weighted by molar-refractivity contribution is 0.0697. The van der Waals surface area contributed by atoms with Crippen molar-refractivity contribution in [2.45, 2.75) is 25.8 Å². The highest BCUT2D eigenvalue weighted by Crippen LogP contribution is 2.25. The average Bonchev–Trinajstić information content (AvgIpc) is 2.92. The number of nitrogens with one attached hydrogen (secondary N) is 1. The van der Waals surface area contributed by atoms with Crippen molar-refractivity contribution >= 4 is 27.7 Å². The molecule has 0 unspecified atom stereocenters. The van der Waals surface area contributed by atoms with E-state index in [4.69, 9.17) is 0 Å². The third-order valence-corrected chi connectivity index (χ3v) is 4.18. The minimum Gasteiger partial charge on any atom is -0.478 e. The minimum atomic E-state index is -0.935. The molecule has 0 saturated heterocycles. The van der Waals surface area contributed by atoms with Crippen LogP contribution < -0.4 is 5.32 Å². The number of fused-ring (bicyclic) bond motifs is 1. The molecule has 0 spiro atoms. The molecule has 4 nitrogen and oxygen atoms in total. The first kappa shape index (κ1) is 14.1. The van der Waals surface area contributed by atoms with E-state index in [9.17, 15) is 9.90 Å². The normalized spacial score (nSPS) is 13.0. The number of anilines is 1. The SMILES string of the molecule is O=C(O)c1cc2c(nc1NCc1ccc(Br)cc1)CCC2. The second-order valence-electron chi connectivity index (χ2n) is 5.13. The predicted octanol–water partition coefficient (Wildman–Crippen LogP) is 3.64. The zero-order valence-corrected chi connectivity index (χ0v) is 13.0. The maximum Gasteiger partial charge on any atom is 0.339 e. The van der Waals surface area contributed by atoms with Crippen LogP contribution in [0.4, 0.5) is 5.82 Å². The molecular weight excluding hydrogens is 332 g/mol. The molecule has 5 heteroatoms. The van der Waals surface area contributed by atoms with E-state index >= 15 is 0 Å². The number of benzene rings is 1. The fraction of sp³-hybridized carbons (Fsp3) is 0.250. The van der Waals surface area contributed by atoms with Gasteiger partial charge in [-0.1, -0.05) is 28.1 Å². The Kier molecular flexibility index (Phi) is 3.92. The van der Waals surface area contributed by atoms with Gasteiger partial charge in [0.1, 0.15) is 11.4 Å². The second-order valence-corrected chi connectivity index (χ2v) is 6.04. The molecule has 3 rings (SSSR count). The highest BCUT2D eigenvalue weighted by atomic mass is 79.9. The van der Waals surface area contributed by atoms with Gasteiger partial charge in [-0.2, -0.15) is 0 Å². The number of hydrogen-bond donors (Lipinski definition) is 2. The number of pyridine rings is 1. The summed E-state index contributed by atoms with van der Waals surface area (Å²) < 4.78 is 1.02. The third-order valence-electron chi connectivity index (χ3n) is 3.65. The quantitative estimate of drug-likeness (QED) is 0.886. The van der Waals surface area contributed by atoms with Gasteiger partial charge >= 0.3 is 5.97 Å². The Morgan fingerprint density at radius 3 is 2.76 bits per heavy atom. The first-order chi connectivity index (χ1) is 10.1. The summed E-state index contributed by atoms with van der Waals surface area (Å²) in [5.74, 6) is -0.471. The molecule has 0 amide bonds. The van der Waals surface area contributed by atoms with Crippen molar-refractivity contribution in [3.63, 3.8) is 0 Å². The van der Waals surface area contributed by atoms with Gasteiger partial charge in [0, 0.05) is 16.7 Å². The highest BCUT2D eigenvalue weighted by Gasteiger charge is 2.19. The number of aryl methyl sites for hydroxylation is 2. The summed E-state index contributed by atoms with van der Waals surface area (Å²) in [7, 11) is 0. The number of carbonyl (C=O) groups is 1. The van der Waals surface area contributed by atoms with Crippen molar-refractivity contribution in [3.05, 3.63) is 57.2 Å². The van der Waals surface area contributed by atoms with Gasteiger partial charge in [-0.15, -0.1) is 0 Å². The molecule has 0 fully saturated rings. The standard InChI is InChI=1S/C16H15BrN2O2/c17-12-6-4-10(5-7-12)9-18-15-13(16(20)21)8-11-2-1-3-14(11)19-15/h4-8H,1-3,9H2,(H,18,19)(H,20,21). The zero-order chi connectivity index (χ0) is 14.8. The molecule has 1 heterocycles. The van der Waals surface area contributed by atoms with Crippen molar-refractivity contribution in [2.24, 2.45) is 0 Å². The monoisotopic (exact) mass is 346 g/mol. The Bertz CT molecular complexity index is 683. The summed E-state index contributed by atoms with van der Waals surface area (Å²) in [6.45, 7) is 0.555. The molecule has 2 aromatic rings. The Morgan fingerprint density at radius 2 is 2.05 bits per heavy atom. The van der Waals surface area contributed by atoms with Crippen LogP contribution in [0.2, 0.25) is 0 Å². The molecule has 108 valence electrons. The molecule has 1 aromatic heterocycles. The van der Waals surface area contributed by atoms with E-state index in [0.717, 1.165) is 40.6 Å². The molecule has 1 aromatic carbocycles. The maximum absolute atomic E-state index is 11.4. The molecule has 0 aliphatic heterocycles. The summed E-state index contributed by atoms with van der Waals surface area (Å²) in [5, 5.41) is 12.5. The fourth-order valence-corrected chi connectivity index (χ4v) is 2.82. The van der Waals surface area contributed by atoms with Crippen molar-refractivity contribution in [1.82, 2.24) is 4.98 Å². The molecule has 1 aliphatic rings. The van der Waals surface area contributed by atoms with Crippen LogP contribution >= 0.6 is 15.9 Å². The summed E-state index contributed by atoms with van der Waals surface area (Å²) in [5.41, 5.74) is 3.43. The van der Waals surface area contributed by atoms with E-state index in [0.29, 0.717) is 12.4 Å². The molecule has 1 aliphatic carbocycles. The Morgan fingerprint density at radius 1 is 1.29 bits per heavy atom. The molecule has 21 heavy (non-hydrogen) atoms. The van der Waals surface area contributed by atoms with Crippen molar-refractivity contribution < 1.29 is 9.90 Å². The van der Waals surface area contributed by atoms with E-state index in [2.05, 4.69) is 26.2 Å². The summed E-state index contributed by atoms with van der Waals surface area (Å²) in [6.07, 6.45) is 2.91. The van der Waals surface area contributed by atoms with Crippen LogP contribution in [0.1, 0.15) is 33.6 Å². The smallest absolute Gasteiger partial charge is 0.339 e. The number of carboxylic acid groups (broad SMARTS) is 1. The fourth-order valence-electron chi connectivity index (χ4n) is 2.56.